The van der Waals surface area contributed by atoms with E-state index in [2.05, 4.69) is 24.1 Å². The van der Waals surface area contributed by atoms with E-state index in [0.717, 1.165) is 31.4 Å². The first-order valence-electron chi connectivity index (χ1n) is 7.82. The van der Waals surface area contributed by atoms with Gasteiger partial charge in [0, 0.05) is 6.04 Å². The van der Waals surface area contributed by atoms with Gasteiger partial charge in [-0.2, -0.15) is 4.98 Å². The van der Waals surface area contributed by atoms with Crippen molar-refractivity contribution in [1.82, 2.24) is 4.98 Å². The molecule has 2 aliphatic rings. The van der Waals surface area contributed by atoms with Gasteiger partial charge >= 0.3 is 0 Å². The lowest BCUT2D eigenvalue weighted by Crippen LogP contribution is -2.49. The normalized spacial score (nSPS) is 21.2. The predicted molar refractivity (Wildman–Crippen MR) is 88.2 cm³/mol. The van der Waals surface area contributed by atoms with Gasteiger partial charge in [0.05, 0.1) is 19.3 Å². The summed E-state index contributed by atoms with van der Waals surface area (Å²) in [6, 6.07) is 2.01. The van der Waals surface area contributed by atoms with Gasteiger partial charge in [0.2, 0.25) is 11.8 Å². The first kappa shape index (κ1) is 15.2. The van der Waals surface area contributed by atoms with E-state index in [4.69, 9.17) is 12.6 Å². The number of fused-ring (bicyclic) bond motifs is 1. The highest BCUT2D eigenvalue weighted by Gasteiger charge is 2.36. The fourth-order valence-electron chi connectivity index (χ4n) is 3.37. The van der Waals surface area contributed by atoms with Crippen molar-refractivity contribution < 1.29 is 9.53 Å². The molecule has 1 aromatic rings. The van der Waals surface area contributed by atoms with Crippen LogP contribution in [-0.4, -0.2) is 38.4 Å². The molecule has 0 bridgehead atoms. The molecule has 5 nitrogen and oxygen atoms in total. The molecule has 1 aliphatic carbocycles. The molecule has 6 heteroatoms. The highest BCUT2D eigenvalue weighted by atomic mass is 16.5. The van der Waals surface area contributed by atoms with Crippen molar-refractivity contribution in [1.29, 1.82) is 0 Å². The number of pyridine rings is 1. The zero-order valence-electron chi connectivity index (χ0n) is 13.5. The highest BCUT2D eigenvalue weighted by molar-refractivity contribution is 6.34. The topological polar surface area (TPSA) is 54.5 Å². The number of amides is 1. The maximum Gasteiger partial charge on any atom is 0.247 e. The van der Waals surface area contributed by atoms with E-state index < -0.39 is 0 Å². The van der Waals surface area contributed by atoms with Gasteiger partial charge in [0.15, 0.2) is 5.82 Å². The molecule has 0 aromatic carbocycles. The minimum absolute atomic E-state index is 0.0662. The Morgan fingerprint density at radius 1 is 1.41 bits per heavy atom. The summed E-state index contributed by atoms with van der Waals surface area (Å²) in [6.45, 7) is 4.87. The lowest BCUT2D eigenvalue weighted by Gasteiger charge is -2.41. The molecule has 0 saturated heterocycles. The minimum atomic E-state index is 0.0662. The molecule has 22 heavy (non-hydrogen) atoms. The molecule has 2 radical (unpaired) electrons. The van der Waals surface area contributed by atoms with E-state index in [0.29, 0.717) is 29.1 Å². The number of carbonyl (C=O) groups is 1. The summed E-state index contributed by atoms with van der Waals surface area (Å²) in [4.78, 5) is 18.8. The number of anilines is 2. The predicted octanol–water partition coefficient (Wildman–Crippen LogP) is 1.61. The van der Waals surface area contributed by atoms with Crippen molar-refractivity contribution in [3.63, 3.8) is 0 Å². The van der Waals surface area contributed by atoms with E-state index in [1.54, 1.807) is 6.07 Å². The quantitative estimate of drug-likeness (QED) is 0.843. The Morgan fingerprint density at radius 3 is 2.73 bits per heavy atom. The summed E-state index contributed by atoms with van der Waals surface area (Å²) in [5, 5.41) is 3.10. The fourth-order valence-corrected chi connectivity index (χ4v) is 3.37. The van der Waals surface area contributed by atoms with Crippen molar-refractivity contribution in [2.75, 3.05) is 23.9 Å². The number of methoxy groups -OCH3 is 1. The number of hydrogen-bond acceptors (Lipinski definition) is 4. The van der Waals surface area contributed by atoms with Crippen molar-refractivity contribution in [2.24, 2.45) is 5.41 Å². The van der Waals surface area contributed by atoms with E-state index in [1.165, 1.54) is 7.11 Å². The standard InChI is InChI=1S/C16H22BN3O2/c1-16(2)6-4-10(5-7-16)20-13(21)9-18-12-8-11(17)15(22-3)19-14(12)20/h8,10,18H,4-7,9H2,1-3H3. The van der Waals surface area contributed by atoms with Crippen LogP contribution in [0.2, 0.25) is 0 Å². The molecule has 1 fully saturated rings. The number of nitrogens with zero attached hydrogens (tertiary/aromatic N) is 2. The van der Waals surface area contributed by atoms with Gasteiger partial charge in [0.25, 0.3) is 0 Å². The van der Waals surface area contributed by atoms with Crippen LogP contribution in [0.3, 0.4) is 0 Å². The van der Waals surface area contributed by atoms with Gasteiger partial charge in [-0.15, -0.1) is 0 Å². The highest BCUT2D eigenvalue weighted by Crippen LogP contribution is 2.40. The second kappa shape index (κ2) is 5.49. The maximum absolute atomic E-state index is 12.5. The van der Waals surface area contributed by atoms with Crippen LogP contribution in [0.1, 0.15) is 39.5 Å². The van der Waals surface area contributed by atoms with Crippen LogP contribution in [0.5, 0.6) is 5.88 Å². The summed E-state index contributed by atoms with van der Waals surface area (Å²) < 4.78 is 5.21. The van der Waals surface area contributed by atoms with E-state index in [1.807, 2.05) is 4.90 Å². The molecule has 0 spiro atoms. The van der Waals surface area contributed by atoms with Crippen LogP contribution in [-0.2, 0) is 4.79 Å². The Labute approximate surface area is 132 Å². The Balaban J connectivity index is 1.94. The average molecular weight is 299 g/mol. The second-order valence-electron chi connectivity index (χ2n) is 6.97. The second-order valence-corrected chi connectivity index (χ2v) is 6.97. The van der Waals surface area contributed by atoms with Gasteiger partial charge in [-0.3, -0.25) is 9.69 Å². The van der Waals surface area contributed by atoms with E-state index in [9.17, 15) is 4.79 Å². The molecule has 3 rings (SSSR count). The van der Waals surface area contributed by atoms with Gasteiger partial charge in [-0.1, -0.05) is 13.8 Å². The number of aromatic nitrogens is 1. The molecule has 1 N–H and O–H groups in total. The number of carbonyl (C=O) groups excluding carboxylic acids is 1. The third-order valence-corrected chi connectivity index (χ3v) is 4.79. The van der Waals surface area contributed by atoms with Gasteiger partial charge in [-0.25, -0.2) is 0 Å². The average Bonchev–Trinajstić information content (AvgIpc) is 2.48. The third-order valence-electron chi connectivity index (χ3n) is 4.79. The van der Waals surface area contributed by atoms with E-state index in [-0.39, 0.29) is 11.9 Å². The lowest BCUT2D eigenvalue weighted by molar-refractivity contribution is -0.117. The third kappa shape index (κ3) is 2.66. The van der Waals surface area contributed by atoms with E-state index >= 15 is 0 Å². The molecule has 1 aliphatic heterocycles. The number of rotatable bonds is 2. The van der Waals surface area contributed by atoms with Crippen LogP contribution in [0, 0.1) is 5.41 Å². The van der Waals surface area contributed by atoms with Crippen LogP contribution in [0.4, 0.5) is 11.5 Å². The molecular formula is C16H22BN3O2. The van der Waals surface area contributed by atoms with Gasteiger partial charge in [-0.05, 0) is 42.6 Å². The molecule has 1 saturated carbocycles. The number of ether oxygens (including phenoxy) is 1. The van der Waals surface area contributed by atoms with Crippen molar-refractivity contribution in [3.8, 4) is 5.88 Å². The largest absolute Gasteiger partial charge is 0.481 e. The number of hydrogen-bond donors (Lipinski definition) is 1. The molecule has 0 atom stereocenters. The first-order chi connectivity index (χ1) is 10.4. The van der Waals surface area contributed by atoms with Crippen molar-refractivity contribution in [2.45, 2.75) is 45.6 Å². The molecule has 0 unspecified atom stereocenters. The Hall–Kier alpha value is -1.72. The van der Waals surface area contributed by atoms with Crippen molar-refractivity contribution >= 4 is 30.7 Å². The summed E-state index contributed by atoms with van der Waals surface area (Å²) in [6.07, 6.45) is 4.26. The monoisotopic (exact) mass is 299 g/mol. The molecule has 1 amide bonds. The summed E-state index contributed by atoms with van der Waals surface area (Å²) >= 11 is 0. The Bertz CT molecular complexity index is 593. The smallest absolute Gasteiger partial charge is 0.247 e. The first-order valence-corrected chi connectivity index (χ1v) is 7.82. The lowest BCUT2D eigenvalue weighted by atomic mass is 9.75. The van der Waals surface area contributed by atoms with Crippen molar-refractivity contribution in [3.05, 3.63) is 6.07 Å². The SMILES string of the molecule is [B]c1cc2c(nc1OC)N(C1CCC(C)(C)CC1)C(=O)CN2. The van der Waals surface area contributed by atoms with Crippen LogP contribution in [0.15, 0.2) is 6.07 Å². The van der Waals surface area contributed by atoms with Gasteiger partial charge in [0.1, 0.15) is 7.85 Å². The summed E-state index contributed by atoms with van der Waals surface area (Å²) in [5.74, 6) is 1.08. The molecule has 2 heterocycles. The fraction of sp³-hybridized carbons (Fsp3) is 0.625. The minimum Gasteiger partial charge on any atom is -0.481 e. The van der Waals surface area contributed by atoms with Crippen LogP contribution >= 0.6 is 0 Å². The summed E-state index contributed by atoms with van der Waals surface area (Å²) in [5.41, 5.74) is 1.65. The molecule has 1 aromatic heterocycles. The van der Waals surface area contributed by atoms with Crippen LogP contribution < -0.4 is 20.4 Å². The maximum atomic E-state index is 12.5. The zero-order valence-corrected chi connectivity index (χ0v) is 13.5. The molecular weight excluding hydrogens is 277 g/mol. The summed E-state index contributed by atoms with van der Waals surface area (Å²) in [7, 11) is 7.46. The van der Waals surface area contributed by atoms with Crippen LogP contribution in [0.25, 0.3) is 0 Å². The zero-order chi connectivity index (χ0) is 15.9. The Kier molecular flexibility index (Phi) is 3.79. The molecule has 116 valence electrons. The van der Waals surface area contributed by atoms with Gasteiger partial charge < -0.3 is 10.1 Å². The Morgan fingerprint density at radius 2 is 2.09 bits per heavy atom. The number of nitrogens with one attached hydrogen (secondary N) is 1.